The zero-order chi connectivity index (χ0) is 11.3. The number of hydrogen-bond acceptors (Lipinski definition) is 5. The molecule has 0 aliphatic carbocycles. The molecule has 0 bridgehead atoms. The predicted octanol–water partition coefficient (Wildman–Crippen LogP) is -0.245. The number of aliphatic hydroxyl groups excluding tert-OH is 1. The summed E-state index contributed by atoms with van der Waals surface area (Å²) >= 11 is 0. The Balaban J connectivity index is 2.54. The lowest BCUT2D eigenvalue weighted by Crippen LogP contribution is -2.34. The maximum atomic E-state index is 11.1. The van der Waals surface area contributed by atoms with Gasteiger partial charge in [0.15, 0.2) is 6.79 Å². The maximum Gasteiger partial charge on any atom is 0.325 e. The lowest BCUT2D eigenvalue weighted by molar-refractivity contribution is -0.153. The van der Waals surface area contributed by atoms with Crippen LogP contribution in [-0.2, 0) is 16.0 Å². The molecule has 15 heavy (non-hydrogen) atoms. The molecule has 0 fully saturated rings. The largest absolute Gasteiger partial charge is 0.508 e. The quantitative estimate of drug-likeness (QED) is 0.472. The van der Waals surface area contributed by atoms with E-state index >= 15 is 0 Å². The number of carbonyl (C=O) groups excluding carboxylic acids is 1. The van der Waals surface area contributed by atoms with Crippen molar-refractivity contribution in [1.82, 2.24) is 0 Å². The van der Waals surface area contributed by atoms with Gasteiger partial charge < -0.3 is 20.7 Å². The molecule has 5 nitrogen and oxygen atoms in total. The van der Waals surface area contributed by atoms with Gasteiger partial charge in [-0.1, -0.05) is 12.1 Å². The second-order valence-corrected chi connectivity index (χ2v) is 3.07. The van der Waals surface area contributed by atoms with Crippen molar-refractivity contribution in [2.45, 2.75) is 12.5 Å². The minimum absolute atomic E-state index is 0.158. The summed E-state index contributed by atoms with van der Waals surface area (Å²) in [5, 5.41) is 17.4. The van der Waals surface area contributed by atoms with Crippen molar-refractivity contribution in [3.05, 3.63) is 29.8 Å². The summed E-state index contributed by atoms with van der Waals surface area (Å²) < 4.78 is 4.34. The molecule has 0 radical (unpaired) electrons. The standard InChI is InChI=1S/C10H13NO4/c11-9(10(14)15-6-12)5-7-1-3-8(13)4-2-7/h1-4,9,12-13H,5-6,11H2/t9-/m0/s1. The number of aliphatic hydroxyl groups is 1. The topological polar surface area (TPSA) is 92.8 Å². The Morgan fingerprint density at radius 2 is 2.00 bits per heavy atom. The Kier molecular flexibility index (Phi) is 4.08. The molecule has 1 atom stereocenters. The summed E-state index contributed by atoms with van der Waals surface area (Å²) in [6.45, 7) is -0.665. The van der Waals surface area contributed by atoms with Gasteiger partial charge >= 0.3 is 5.97 Å². The molecular formula is C10H13NO4. The van der Waals surface area contributed by atoms with Crippen LogP contribution in [0.25, 0.3) is 0 Å². The third-order valence-electron chi connectivity index (χ3n) is 1.90. The summed E-state index contributed by atoms with van der Waals surface area (Å²) in [5.41, 5.74) is 6.34. The fraction of sp³-hybridized carbons (Fsp3) is 0.300. The van der Waals surface area contributed by atoms with E-state index in [9.17, 15) is 4.79 Å². The summed E-state index contributed by atoms with van der Waals surface area (Å²) in [5.74, 6) is -0.490. The number of benzene rings is 1. The van der Waals surface area contributed by atoms with Crippen molar-refractivity contribution in [1.29, 1.82) is 0 Å². The number of ether oxygens (including phenoxy) is 1. The fourth-order valence-corrected chi connectivity index (χ4v) is 1.14. The van der Waals surface area contributed by atoms with E-state index < -0.39 is 18.8 Å². The van der Waals surface area contributed by atoms with Crippen LogP contribution in [0.4, 0.5) is 0 Å². The normalized spacial score (nSPS) is 12.1. The van der Waals surface area contributed by atoms with Gasteiger partial charge in [-0.25, -0.2) is 0 Å². The van der Waals surface area contributed by atoms with E-state index in [1.54, 1.807) is 12.1 Å². The molecule has 1 aromatic rings. The van der Waals surface area contributed by atoms with Crippen molar-refractivity contribution in [2.75, 3.05) is 6.79 Å². The molecule has 0 aromatic heterocycles. The van der Waals surface area contributed by atoms with Crippen LogP contribution >= 0.6 is 0 Å². The van der Waals surface area contributed by atoms with Crippen LogP contribution < -0.4 is 5.73 Å². The van der Waals surface area contributed by atoms with E-state index in [1.807, 2.05) is 0 Å². The Labute approximate surface area is 87.1 Å². The molecule has 5 heteroatoms. The summed E-state index contributed by atoms with van der Waals surface area (Å²) in [6, 6.07) is 5.56. The molecule has 0 aliphatic heterocycles. The van der Waals surface area contributed by atoms with Gasteiger partial charge in [-0.05, 0) is 24.1 Å². The zero-order valence-electron chi connectivity index (χ0n) is 8.09. The minimum atomic E-state index is -0.804. The predicted molar refractivity (Wildman–Crippen MR) is 53.0 cm³/mol. The molecule has 4 N–H and O–H groups in total. The van der Waals surface area contributed by atoms with Crippen molar-refractivity contribution >= 4 is 5.97 Å². The first-order valence-electron chi connectivity index (χ1n) is 4.44. The highest BCUT2D eigenvalue weighted by molar-refractivity contribution is 5.75. The molecule has 0 saturated carbocycles. The summed E-state index contributed by atoms with van der Waals surface area (Å²) in [4.78, 5) is 11.1. The van der Waals surface area contributed by atoms with E-state index in [1.165, 1.54) is 12.1 Å². The maximum absolute atomic E-state index is 11.1. The molecule has 0 aliphatic rings. The molecule has 1 rings (SSSR count). The summed E-state index contributed by atoms with van der Waals surface area (Å²) in [7, 11) is 0. The number of rotatable bonds is 4. The number of hydrogen-bond donors (Lipinski definition) is 3. The highest BCUT2D eigenvalue weighted by atomic mass is 16.6. The number of phenolic OH excluding ortho intramolecular Hbond substituents is 1. The van der Waals surface area contributed by atoms with Gasteiger partial charge in [0.05, 0.1) is 0 Å². The minimum Gasteiger partial charge on any atom is -0.508 e. The van der Waals surface area contributed by atoms with Gasteiger partial charge in [-0.2, -0.15) is 0 Å². The van der Waals surface area contributed by atoms with Crippen molar-refractivity contribution in [3.63, 3.8) is 0 Å². The second-order valence-electron chi connectivity index (χ2n) is 3.07. The molecule has 0 heterocycles. The first kappa shape index (κ1) is 11.5. The van der Waals surface area contributed by atoms with Crippen LogP contribution in [-0.4, -0.2) is 29.0 Å². The number of nitrogens with two attached hydrogens (primary N) is 1. The fourth-order valence-electron chi connectivity index (χ4n) is 1.14. The number of carbonyl (C=O) groups is 1. The number of esters is 1. The smallest absolute Gasteiger partial charge is 0.325 e. The number of aromatic hydroxyl groups is 1. The Morgan fingerprint density at radius 1 is 1.40 bits per heavy atom. The molecule has 1 aromatic carbocycles. The molecule has 82 valence electrons. The third kappa shape index (κ3) is 3.57. The first-order chi connectivity index (χ1) is 7.13. The van der Waals surface area contributed by atoms with Gasteiger partial charge in [0.2, 0.25) is 0 Å². The Morgan fingerprint density at radius 3 is 2.53 bits per heavy atom. The first-order valence-corrected chi connectivity index (χ1v) is 4.44. The van der Waals surface area contributed by atoms with Gasteiger partial charge in [0.25, 0.3) is 0 Å². The van der Waals surface area contributed by atoms with E-state index in [2.05, 4.69) is 4.74 Å². The Bertz CT molecular complexity index is 323. The second kappa shape index (κ2) is 5.33. The van der Waals surface area contributed by atoms with Crippen LogP contribution in [0.2, 0.25) is 0 Å². The van der Waals surface area contributed by atoms with E-state index in [0.717, 1.165) is 5.56 Å². The number of phenols is 1. The highest BCUT2D eigenvalue weighted by Crippen LogP contribution is 2.11. The van der Waals surface area contributed by atoms with Gasteiger partial charge in [-0.3, -0.25) is 4.79 Å². The van der Waals surface area contributed by atoms with Crippen LogP contribution in [0.3, 0.4) is 0 Å². The molecular weight excluding hydrogens is 198 g/mol. The lowest BCUT2D eigenvalue weighted by atomic mass is 10.1. The zero-order valence-corrected chi connectivity index (χ0v) is 8.09. The van der Waals surface area contributed by atoms with Crippen LogP contribution in [0, 0.1) is 0 Å². The van der Waals surface area contributed by atoms with E-state index in [0.29, 0.717) is 6.42 Å². The van der Waals surface area contributed by atoms with Crippen LogP contribution in [0.5, 0.6) is 5.75 Å². The van der Waals surface area contributed by atoms with E-state index in [4.69, 9.17) is 15.9 Å². The van der Waals surface area contributed by atoms with Gasteiger partial charge in [0, 0.05) is 0 Å². The molecule has 0 amide bonds. The van der Waals surface area contributed by atoms with Crippen molar-refractivity contribution < 1.29 is 19.7 Å². The molecule has 0 unspecified atom stereocenters. The lowest BCUT2D eigenvalue weighted by Gasteiger charge is -2.09. The molecule has 0 saturated heterocycles. The third-order valence-corrected chi connectivity index (χ3v) is 1.90. The monoisotopic (exact) mass is 211 g/mol. The average Bonchev–Trinajstić information content (AvgIpc) is 2.22. The van der Waals surface area contributed by atoms with Gasteiger partial charge in [-0.15, -0.1) is 0 Å². The highest BCUT2D eigenvalue weighted by Gasteiger charge is 2.14. The van der Waals surface area contributed by atoms with Crippen molar-refractivity contribution in [2.24, 2.45) is 5.73 Å². The SMILES string of the molecule is N[C@@H](Cc1ccc(O)cc1)C(=O)OCO. The summed E-state index contributed by atoms with van der Waals surface area (Å²) in [6.07, 6.45) is 0.305. The molecule has 0 spiro atoms. The Hall–Kier alpha value is -1.59. The van der Waals surface area contributed by atoms with E-state index in [-0.39, 0.29) is 5.75 Å². The van der Waals surface area contributed by atoms with Crippen LogP contribution in [0.15, 0.2) is 24.3 Å². The van der Waals surface area contributed by atoms with Crippen molar-refractivity contribution in [3.8, 4) is 5.75 Å². The average molecular weight is 211 g/mol. The van der Waals surface area contributed by atoms with Gasteiger partial charge in [0.1, 0.15) is 11.8 Å². The van der Waals surface area contributed by atoms with Crippen LogP contribution in [0.1, 0.15) is 5.56 Å².